The number of rotatable bonds is 3. The molecule has 0 radical (unpaired) electrons. The molecule has 84 valence electrons. The van der Waals surface area contributed by atoms with Crippen molar-refractivity contribution in [3.63, 3.8) is 0 Å². The van der Waals surface area contributed by atoms with Crippen molar-refractivity contribution in [1.29, 1.82) is 0 Å². The van der Waals surface area contributed by atoms with Gasteiger partial charge in [-0.1, -0.05) is 24.0 Å². The van der Waals surface area contributed by atoms with Crippen LogP contribution < -0.4 is 10.6 Å². The maximum Gasteiger partial charge on any atom is 0.415 e. The minimum Gasteiger partial charge on any atom is -0.465 e. The van der Waals surface area contributed by atoms with E-state index in [1.165, 1.54) is 0 Å². The average molecular weight is 214 g/mol. The Balaban J connectivity index is 2.98. The maximum atomic E-state index is 11.0. The molecule has 1 amide bonds. The summed E-state index contributed by atoms with van der Waals surface area (Å²) in [5.41, 5.74) is 5.23. The number of anilines is 2. The first kappa shape index (κ1) is 11.3. The molecule has 7 nitrogen and oxygen atoms in total. The predicted molar refractivity (Wildman–Crippen MR) is 53.5 cm³/mol. The third-order valence-electron chi connectivity index (χ3n) is 2.21. The summed E-state index contributed by atoms with van der Waals surface area (Å²) in [5, 5.41) is 16.0. The number of aromatic nitrogens is 2. The van der Waals surface area contributed by atoms with Crippen molar-refractivity contribution in [3.8, 4) is 0 Å². The molecule has 1 aromatic rings. The summed E-state index contributed by atoms with van der Waals surface area (Å²) in [6.45, 7) is 5.57. The van der Waals surface area contributed by atoms with E-state index in [2.05, 4.69) is 10.2 Å². The van der Waals surface area contributed by atoms with Gasteiger partial charge in [0.1, 0.15) is 0 Å². The summed E-state index contributed by atoms with van der Waals surface area (Å²) in [7, 11) is 0. The zero-order valence-corrected chi connectivity index (χ0v) is 8.84. The number of nitrogen functional groups attached to an aromatic ring is 1. The molecule has 0 aliphatic heterocycles. The maximum absolute atomic E-state index is 11.0. The first-order chi connectivity index (χ1) is 6.93. The molecular weight excluding hydrogens is 200 g/mol. The second kappa shape index (κ2) is 4.16. The fourth-order valence-electron chi connectivity index (χ4n) is 1.05. The van der Waals surface area contributed by atoms with Gasteiger partial charge in [0.15, 0.2) is 0 Å². The standard InChI is InChI=1S/C8H14N4O3/c1-4(2)5(3)12(8(13)14)7-11-10-6(9)15-7/h4-5H,1-3H3,(H2,9,10)(H,13,14). The van der Waals surface area contributed by atoms with Crippen LogP contribution in [0.2, 0.25) is 0 Å². The number of nitrogens with two attached hydrogens (primary N) is 1. The van der Waals surface area contributed by atoms with E-state index < -0.39 is 6.09 Å². The summed E-state index contributed by atoms with van der Waals surface area (Å²) in [4.78, 5) is 12.0. The summed E-state index contributed by atoms with van der Waals surface area (Å²) in [6, 6.07) is -0.504. The van der Waals surface area contributed by atoms with Crippen molar-refractivity contribution in [2.75, 3.05) is 10.6 Å². The first-order valence-corrected chi connectivity index (χ1v) is 4.54. The van der Waals surface area contributed by atoms with Crippen molar-refractivity contribution in [2.45, 2.75) is 26.8 Å². The zero-order valence-electron chi connectivity index (χ0n) is 8.84. The van der Waals surface area contributed by atoms with Crippen LogP contribution >= 0.6 is 0 Å². The molecule has 1 heterocycles. The Morgan fingerprint density at radius 1 is 1.47 bits per heavy atom. The molecule has 15 heavy (non-hydrogen) atoms. The van der Waals surface area contributed by atoms with Gasteiger partial charge in [0.2, 0.25) is 0 Å². The zero-order chi connectivity index (χ0) is 11.6. The molecule has 0 bridgehead atoms. The Labute approximate surface area is 86.9 Å². The van der Waals surface area contributed by atoms with Crippen molar-refractivity contribution in [1.82, 2.24) is 10.2 Å². The quantitative estimate of drug-likeness (QED) is 0.782. The van der Waals surface area contributed by atoms with Crippen LogP contribution in [0.4, 0.5) is 16.8 Å². The second-order valence-electron chi connectivity index (χ2n) is 3.56. The molecule has 3 N–H and O–H groups in total. The Morgan fingerprint density at radius 2 is 2.07 bits per heavy atom. The highest BCUT2D eigenvalue weighted by Crippen LogP contribution is 2.20. The van der Waals surface area contributed by atoms with E-state index in [9.17, 15) is 4.79 Å². The molecule has 0 aliphatic carbocycles. The Bertz CT molecular complexity index is 349. The highest BCUT2D eigenvalue weighted by Gasteiger charge is 2.28. The molecule has 1 rings (SSSR count). The third-order valence-corrected chi connectivity index (χ3v) is 2.21. The fourth-order valence-corrected chi connectivity index (χ4v) is 1.05. The summed E-state index contributed by atoms with van der Waals surface area (Å²) in [5.74, 6) is 0.134. The van der Waals surface area contributed by atoms with Gasteiger partial charge in [0, 0.05) is 6.04 Å². The van der Waals surface area contributed by atoms with Crippen LogP contribution in [0.15, 0.2) is 4.42 Å². The molecule has 1 unspecified atom stereocenters. The van der Waals surface area contributed by atoms with Crippen molar-refractivity contribution in [2.24, 2.45) is 5.92 Å². The summed E-state index contributed by atoms with van der Waals surface area (Å²) >= 11 is 0. The lowest BCUT2D eigenvalue weighted by Gasteiger charge is -2.25. The Morgan fingerprint density at radius 3 is 2.40 bits per heavy atom. The molecule has 7 heteroatoms. The normalized spacial score (nSPS) is 12.8. The van der Waals surface area contributed by atoms with E-state index in [0.717, 1.165) is 4.90 Å². The summed E-state index contributed by atoms with van der Waals surface area (Å²) < 4.78 is 4.88. The highest BCUT2D eigenvalue weighted by molar-refractivity contribution is 5.83. The lowest BCUT2D eigenvalue weighted by Crippen LogP contribution is -2.41. The third kappa shape index (κ3) is 2.36. The van der Waals surface area contributed by atoms with Gasteiger partial charge in [-0.15, -0.1) is 0 Å². The van der Waals surface area contributed by atoms with Gasteiger partial charge in [-0.2, -0.15) is 0 Å². The number of carbonyl (C=O) groups is 1. The van der Waals surface area contributed by atoms with Gasteiger partial charge < -0.3 is 15.3 Å². The van der Waals surface area contributed by atoms with Gasteiger partial charge in [-0.25, -0.2) is 9.69 Å². The topological polar surface area (TPSA) is 105 Å². The van der Waals surface area contributed by atoms with E-state index in [1.54, 1.807) is 6.92 Å². The van der Waals surface area contributed by atoms with Gasteiger partial charge >= 0.3 is 18.1 Å². The molecule has 0 aliphatic rings. The Kier molecular flexibility index (Phi) is 3.13. The Hall–Kier alpha value is -1.79. The van der Waals surface area contributed by atoms with E-state index in [4.69, 9.17) is 15.3 Å². The summed E-state index contributed by atoms with van der Waals surface area (Å²) in [6.07, 6.45) is -1.14. The van der Waals surface area contributed by atoms with Crippen molar-refractivity contribution < 1.29 is 14.3 Å². The van der Waals surface area contributed by atoms with E-state index in [-0.39, 0.29) is 24.0 Å². The first-order valence-electron chi connectivity index (χ1n) is 4.54. The van der Waals surface area contributed by atoms with E-state index in [0.29, 0.717) is 0 Å². The van der Waals surface area contributed by atoms with Gasteiger partial charge in [-0.05, 0) is 12.8 Å². The molecule has 0 saturated heterocycles. The molecule has 0 saturated carbocycles. The smallest absolute Gasteiger partial charge is 0.415 e. The fraction of sp³-hybridized carbons (Fsp3) is 0.625. The number of hydrogen-bond donors (Lipinski definition) is 2. The van der Waals surface area contributed by atoms with Crippen LogP contribution in [0.5, 0.6) is 0 Å². The van der Waals surface area contributed by atoms with Gasteiger partial charge in [0.05, 0.1) is 0 Å². The van der Waals surface area contributed by atoms with Crippen LogP contribution in [-0.4, -0.2) is 27.4 Å². The lowest BCUT2D eigenvalue weighted by atomic mass is 10.1. The van der Waals surface area contributed by atoms with Crippen molar-refractivity contribution >= 4 is 18.1 Å². The molecule has 0 fully saturated rings. The molecular formula is C8H14N4O3. The largest absolute Gasteiger partial charge is 0.465 e. The number of hydrogen-bond acceptors (Lipinski definition) is 5. The second-order valence-corrected chi connectivity index (χ2v) is 3.56. The van der Waals surface area contributed by atoms with Crippen LogP contribution in [0.1, 0.15) is 20.8 Å². The minimum atomic E-state index is -1.14. The SMILES string of the molecule is CC(C)C(C)N(C(=O)O)c1nnc(N)o1. The molecule has 1 atom stereocenters. The van der Waals surface area contributed by atoms with E-state index >= 15 is 0 Å². The van der Waals surface area contributed by atoms with Crippen LogP contribution in [-0.2, 0) is 0 Å². The van der Waals surface area contributed by atoms with Crippen molar-refractivity contribution in [3.05, 3.63) is 0 Å². The molecule has 0 spiro atoms. The molecule has 0 aromatic carbocycles. The van der Waals surface area contributed by atoms with Crippen LogP contribution in [0.25, 0.3) is 0 Å². The average Bonchev–Trinajstić information content (AvgIpc) is 2.51. The van der Waals surface area contributed by atoms with Gasteiger partial charge in [-0.3, -0.25) is 0 Å². The lowest BCUT2D eigenvalue weighted by molar-refractivity contribution is 0.195. The monoisotopic (exact) mass is 214 g/mol. The minimum absolute atomic E-state index is 0.0961. The van der Waals surface area contributed by atoms with Gasteiger partial charge in [0.25, 0.3) is 0 Å². The number of nitrogens with zero attached hydrogens (tertiary/aromatic N) is 3. The molecule has 1 aromatic heterocycles. The number of amides is 1. The van der Waals surface area contributed by atoms with Crippen LogP contribution in [0.3, 0.4) is 0 Å². The van der Waals surface area contributed by atoms with Crippen LogP contribution in [0, 0.1) is 5.92 Å². The predicted octanol–water partition coefficient (Wildman–Crippen LogP) is 1.18. The highest BCUT2D eigenvalue weighted by atomic mass is 16.4. The number of carboxylic acid groups (broad SMARTS) is 1. The van der Waals surface area contributed by atoms with E-state index in [1.807, 2.05) is 13.8 Å².